The Labute approximate surface area is 93.8 Å². The van der Waals surface area contributed by atoms with Crippen molar-refractivity contribution in [3.63, 3.8) is 0 Å². The zero-order valence-electron chi connectivity index (χ0n) is 9.71. The standard InChI is InChI=1S/C11H17F2N3/c1-3-8-6-4-5-7-9-10(11(8,12)13)16(2)15-14-9/h8H,3-7H2,1-2H3. The maximum absolute atomic E-state index is 14.3. The van der Waals surface area contributed by atoms with Crippen molar-refractivity contribution in [1.29, 1.82) is 0 Å². The van der Waals surface area contributed by atoms with Crippen molar-refractivity contribution < 1.29 is 8.78 Å². The molecule has 1 atom stereocenters. The summed E-state index contributed by atoms with van der Waals surface area (Å²) < 4.78 is 29.8. The van der Waals surface area contributed by atoms with Crippen molar-refractivity contribution in [3.8, 4) is 0 Å². The highest BCUT2D eigenvalue weighted by molar-refractivity contribution is 5.18. The number of halogens is 2. The van der Waals surface area contributed by atoms with E-state index in [4.69, 9.17) is 0 Å². The summed E-state index contributed by atoms with van der Waals surface area (Å²) in [4.78, 5) is 0. The summed E-state index contributed by atoms with van der Waals surface area (Å²) in [6, 6.07) is 0. The smallest absolute Gasteiger partial charge is 0.246 e. The molecule has 0 bridgehead atoms. The second-order valence-corrected chi connectivity index (χ2v) is 4.48. The Kier molecular flexibility index (Phi) is 2.95. The van der Waals surface area contributed by atoms with Crippen LogP contribution in [0.15, 0.2) is 0 Å². The van der Waals surface area contributed by atoms with Gasteiger partial charge in [0, 0.05) is 13.0 Å². The predicted octanol–water partition coefficient (Wildman–Crippen LogP) is 2.66. The average Bonchev–Trinajstić information content (AvgIpc) is 2.57. The van der Waals surface area contributed by atoms with E-state index in [-0.39, 0.29) is 5.69 Å². The van der Waals surface area contributed by atoms with Gasteiger partial charge in [0.15, 0.2) is 0 Å². The number of alkyl halides is 2. The van der Waals surface area contributed by atoms with Crippen LogP contribution < -0.4 is 0 Å². The van der Waals surface area contributed by atoms with Gasteiger partial charge in [0.05, 0.1) is 5.69 Å². The van der Waals surface area contributed by atoms with E-state index in [0.717, 1.165) is 12.8 Å². The summed E-state index contributed by atoms with van der Waals surface area (Å²) in [5.41, 5.74) is 0.504. The molecule has 0 spiro atoms. The lowest BCUT2D eigenvalue weighted by Gasteiger charge is -2.28. The highest BCUT2D eigenvalue weighted by Crippen LogP contribution is 2.42. The number of hydrogen-bond donors (Lipinski definition) is 0. The third-order valence-electron chi connectivity index (χ3n) is 3.43. The van der Waals surface area contributed by atoms with Crippen LogP contribution in [0, 0.1) is 5.92 Å². The third-order valence-corrected chi connectivity index (χ3v) is 3.43. The number of nitrogens with zero attached hydrogens (tertiary/aromatic N) is 3. The van der Waals surface area contributed by atoms with Crippen LogP contribution in [0.5, 0.6) is 0 Å². The van der Waals surface area contributed by atoms with E-state index in [1.165, 1.54) is 4.68 Å². The number of hydrogen-bond acceptors (Lipinski definition) is 2. The lowest BCUT2D eigenvalue weighted by Crippen LogP contribution is -2.30. The molecular formula is C11H17F2N3. The minimum atomic E-state index is -2.79. The lowest BCUT2D eigenvalue weighted by molar-refractivity contribution is -0.0792. The Morgan fingerprint density at radius 2 is 2.19 bits per heavy atom. The fourth-order valence-corrected chi connectivity index (χ4v) is 2.49. The Morgan fingerprint density at radius 1 is 1.44 bits per heavy atom. The van der Waals surface area contributed by atoms with Gasteiger partial charge in [-0.15, -0.1) is 5.10 Å². The van der Waals surface area contributed by atoms with Crippen LogP contribution in [-0.4, -0.2) is 15.0 Å². The van der Waals surface area contributed by atoms with Gasteiger partial charge in [-0.1, -0.05) is 18.6 Å². The molecule has 90 valence electrons. The molecule has 1 aliphatic rings. The van der Waals surface area contributed by atoms with Crippen molar-refractivity contribution in [2.45, 2.75) is 45.0 Å². The molecule has 3 nitrogen and oxygen atoms in total. The summed E-state index contributed by atoms with van der Waals surface area (Å²) in [6.45, 7) is 1.82. The molecule has 1 aromatic heterocycles. The molecule has 0 saturated carbocycles. The van der Waals surface area contributed by atoms with Crippen LogP contribution in [0.2, 0.25) is 0 Å². The van der Waals surface area contributed by atoms with E-state index < -0.39 is 11.8 Å². The van der Waals surface area contributed by atoms with Gasteiger partial charge in [-0.2, -0.15) is 8.78 Å². The molecule has 0 aliphatic heterocycles. The number of aromatic nitrogens is 3. The summed E-state index contributed by atoms with van der Waals surface area (Å²) in [5.74, 6) is -3.37. The lowest BCUT2D eigenvalue weighted by atomic mass is 9.86. The van der Waals surface area contributed by atoms with Crippen LogP contribution in [0.25, 0.3) is 0 Å². The van der Waals surface area contributed by atoms with Gasteiger partial charge in [-0.3, -0.25) is 0 Å². The predicted molar refractivity (Wildman–Crippen MR) is 56.2 cm³/mol. The van der Waals surface area contributed by atoms with E-state index in [2.05, 4.69) is 10.3 Å². The van der Waals surface area contributed by atoms with Gasteiger partial charge in [0.2, 0.25) is 0 Å². The molecule has 0 saturated heterocycles. The van der Waals surface area contributed by atoms with E-state index in [0.29, 0.717) is 25.0 Å². The van der Waals surface area contributed by atoms with Gasteiger partial charge in [-0.25, -0.2) is 4.68 Å². The van der Waals surface area contributed by atoms with E-state index in [1.807, 2.05) is 6.92 Å². The molecular weight excluding hydrogens is 212 g/mol. The van der Waals surface area contributed by atoms with E-state index in [9.17, 15) is 8.78 Å². The first kappa shape index (κ1) is 11.5. The summed E-state index contributed by atoms with van der Waals surface area (Å²) in [7, 11) is 1.55. The van der Waals surface area contributed by atoms with Gasteiger partial charge >= 0.3 is 0 Å². The maximum Gasteiger partial charge on any atom is 0.293 e. The van der Waals surface area contributed by atoms with Crippen LogP contribution in [0.4, 0.5) is 8.78 Å². The largest absolute Gasteiger partial charge is 0.293 e. The molecule has 2 rings (SSSR count). The molecule has 16 heavy (non-hydrogen) atoms. The highest BCUT2D eigenvalue weighted by atomic mass is 19.3. The highest BCUT2D eigenvalue weighted by Gasteiger charge is 2.45. The molecule has 1 aliphatic carbocycles. The van der Waals surface area contributed by atoms with Gasteiger partial charge < -0.3 is 0 Å². The zero-order valence-corrected chi connectivity index (χ0v) is 9.71. The first-order chi connectivity index (χ1) is 7.57. The number of rotatable bonds is 1. The molecule has 0 aromatic carbocycles. The van der Waals surface area contributed by atoms with Gasteiger partial charge in [0.25, 0.3) is 5.92 Å². The normalized spacial score (nSPS) is 24.6. The summed E-state index contributed by atoms with van der Waals surface area (Å²) >= 11 is 0. The summed E-state index contributed by atoms with van der Waals surface area (Å²) in [5, 5.41) is 7.59. The number of aryl methyl sites for hydroxylation is 2. The van der Waals surface area contributed by atoms with Gasteiger partial charge in [-0.05, 0) is 25.7 Å². The fraction of sp³-hybridized carbons (Fsp3) is 0.818. The molecule has 5 heteroatoms. The van der Waals surface area contributed by atoms with Gasteiger partial charge in [0.1, 0.15) is 5.69 Å². The Hall–Kier alpha value is -1.00. The topological polar surface area (TPSA) is 30.7 Å². The van der Waals surface area contributed by atoms with Crippen LogP contribution in [-0.2, 0) is 19.4 Å². The minimum absolute atomic E-state index is 0.0269. The third kappa shape index (κ3) is 1.72. The fourth-order valence-electron chi connectivity index (χ4n) is 2.49. The molecule has 1 aromatic rings. The number of fused-ring (bicyclic) bond motifs is 1. The minimum Gasteiger partial charge on any atom is -0.246 e. The molecule has 0 fully saturated rings. The second-order valence-electron chi connectivity index (χ2n) is 4.48. The molecule has 0 amide bonds. The zero-order chi connectivity index (χ0) is 11.8. The van der Waals surface area contributed by atoms with Crippen LogP contribution in [0.1, 0.15) is 44.0 Å². The van der Waals surface area contributed by atoms with Crippen molar-refractivity contribution >= 4 is 0 Å². The van der Waals surface area contributed by atoms with E-state index in [1.54, 1.807) is 7.05 Å². The summed E-state index contributed by atoms with van der Waals surface area (Å²) in [6.07, 6.45) is 3.49. The Balaban J connectivity index is 2.47. The van der Waals surface area contributed by atoms with Crippen LogP contribution in [0.3, 0.4) is 0 Å². The molecule has 1 unspecified atom stereocenters. The monoisotopic (exact) mass is 229 g/mol. The van der Waals surface area contributed by atoms with Crippen LogP contribution >= 0.6 is 0 Å². The van der Waals surface area contributed by atoms with Crippen molar-refractivity contribution in [3.05, 3.63) is 11.4 Å². The van der Waals surface area contributed by atoms with Crippen molar-refractivity contribution in [1.82, 2.24) is 15.0 Å². The Morgan fingerprint density at radius 3 is 2.88 bits per heavy atom. The quantitative estimate of drug-likeness (QED) is 0.741. The molecule has 0 radical (unpaired) electrons. The first-order valence-corrected chi connectivity index (χ1v) is 5.84. The first-order valence-electron chi connectivity index (χ1n) is 5.84. The average molecular weight is 229 g/mol. The second kappa shape index (κ2) is 4.11. The van der Waals surface area contributed by atoms with E-state index >= 15 is 0 Å². The van der Waals surface area contributed by atoms with Crippen molar-refractivity contribution in [2.24, 2.45) is 13.0 Å². The molecule has 0 N–H and O–H groups in total. The Bertz CT molecular complexity index is 373. The SMILES string of the molecule is CCC1CCCCc2nnn(C)c2C1(F)F. The molecule has 1 heterocycles. The maximum atomic E-state index is 14.3. The van der Waals surface area contributed by atoms with Crippen molar-refractivity contribution in [2.75, 3.05) is 0 Å².